The molecule has 0 amide bonds. The molecule has 1 aliphatic rings. The Morgan fingerprint density at radius 2 is 2.10 bits per heavy atom. The summed E-state index contributed by atoms with van der Waals surface area (Å²) in [7, 11) is 0. The van der Waals surface area contributed by atoms with E-state index in [0.717, 1.165) is 29.0 Å². The molecule has 0 aliphatic carbocycles. The maximum Gasteiger partial charge on any atom is 0.140 e. The highest BCUT2D eigenvalue weighted by Gasteiger charge is 2.17. The SMILES string of the molecule is N#CC(Nc1ccccc1Cl)c1ccc2c(c1)CCO2. The number of benzene rings is 2. The molecule has 20 heavy (non-hydrogen) atoms. The summed E-state index contributed by atoms with van der Waals surface area (Å²) in [6.45, 7) is 0.716. The second kappa shape index (κ2) is 5.44. The summed E-state index contributed by atoms with van der Waals surface area (Å²) in [4.78, 5) is 0. The van der Waals surface area contributed by atoms with Crippen LogP contribution < -0.4 is 10.1 Å². The summed E-state index contributed by atoms with van der Waals surface area (Å²) in [5.74, 6) is 0.920. The molecule has 3 rings (SSSR count). The summed E-state index contributed by atoms with van der Waals surface area (Å²) in [6, 6.07) is 15.1. The average Bonchev–Trinajstić information content (AvgIpc) is 2.94. The quantitative estimate of drug-likeness (QED) is 0.928. The molecular formula is C16H13ClN2O. The first-order valence-corrected chi connectivity index (χ1v) is 6.82. The lowest BCUT2D eigenvalue weighted by Crippen LogP contribution is -2.09. The van der Waals surface area contributed by atoms with E-state index in [-0.39, 0.29) is 0 Å². The van der Waals surface area contributed by atoms with Crippen LogP contribution in [0.2, 0.25) is 5.02 Å². The second-order valence-corrected chi connectivity index (χ2v) is 5.06. The lowest BCUT2D eigenvalue weighted by Gasteiger charge is -2.15. The van der Waals surface area contributed by atoms with Gasteiger partial charge in [0.15, 0.2) is 0 Å². The number of fused-ring (bicyclic) bond motifs is 1. The number of para-hydroxylation sites is 1. The molecule has 0 radical (unpaired) electrons. The maximum absolute atomic E-state index is 9.39. The molecule has 1 atom stereocenters. The van der Waals surface area contributed by atoms with E-state index in [0.29, 0.717) is 11.6 Å². The fraction of sp³-hybridized carbons (Fsp3) is 0.188. The van der Waals surface area contributed by atoms with Crippen LogP contribution in [0.1, 0.15) is 17.2 Å². The van der Waals surface area contributed by atoms with E-state index in [1.807, 2.05) is 36.4 Å². The van der Waals surface area contributed by atoms with Crippen molar-refractivity contribution in [3.63, 3.8) is 0 Å². The van der Waals surface area contributed by atoms with Crippen LogP contribution in [0.15, 0.2) is 42.5 Å². The van der Waals surface area contributed by atoms with Crippen molar-refractivity contribution in [2.75, 3.05) is 11.9 Å². The third kappa shape index (κ3) is 2.43. The van der Waals surface area contributed by atoms with Gasteiger partial charge < -0.3 is 10.1 Å². The number of ether oxygens (including phenoxy) is 1. The molecule has 0 spiro atoms. The topological polar surface area (TPSA) is 45.0 Å². The van der Waals surface area contributed by atoms with E-state index in [4.69, 9.17) is 16.3 Å². The number of rotatable bonds is 3. The van der Waals surface area contributed by atoms with E-state index >= 15 is 0 Å². The fourth-order valence-corrected chi connectivity index (χ4v) is 2.50. The van der Waals surface area contributed by atoms with Gasteiger partial charge in [0.05, 0.1) is 23.4 Å². The molecule has 0 aromatic heterocycles. The van der Waals surface area contributed by atoms with Crippen molar-refractivity contribution in [3.05, 3.63) is 58.6 Å². The predicted molar refractivity (Wildman–Crippen MR) is 79.1 cm³/mol. The van der Waals surface area contributed by atoms with Crippen molar-refractivity contribution in [3.8, 4) is 11.8 Å². The van der Waals surface area contributed by atoms with Gasteiger partial charge in [0.2, 0.25) is 0 Å². The largest absolute Gasteiger partial charge is 0.493 e. The molecular weight excluding hydrogens is 272 g/mol. The van der Waals surface area contributed by atoms with Crippen LogP contribution in [0, 0.1) is 11.3 Å². The molecule has 2 aromatic rings. The molecule has 4 heteroatoms. The lowest BCUT2D eigenvalue weighted by atomic mass is 10.0. The van der Waals surface area contributed by atoms with Gasteiger partial charge in [-0.25, -0.2) is 0 Å². The summed E-state index contributed by atoms with van der Waals surface area (Å²) >= 11 is 6.11. The molecule has 100 valence electrons. The number of hydrogen-bond donors (Lipinski definition) is 1. The standard InChI is InChI=1S/C16H13ClN2O/c17-13-3-1-2-4-14(13)19-15(10-18)11-5-6-16-12(9-11)7-8-20-16/h1-6,9,15,19H,7-8H2. The van der Waals surface area contributed by atoms with Crippen molar-refractivity contribution >= 4 is 17.3 Å². The first-order chi connectivity index (χ1) is 9.78. The Labute approximate surface area is 122 Å². The highest BCUT2D eigenvalue weighted by molar-refractivity contribution is 6.33. The Balaban J connectivity index is 1.87. The van der Waals surface area contributed by atoms with Crippen LogP contribution in [0.3, 0.4) is 0 Å². The smallest absolute Gasteiger partial charge is 0.140 e. The number of anilines is 1. The molecule has 1 heterocycles. The van der Waals surface area contributed by atoms with Gasteiger partial charge in [-0.2, -0.15) is 5.26 Å². The minimum atomic E-state index is -0.430. The summed E-state index contributed by atoms with van der Waals surface area (Å²) in [5.41, 5.74) is 2.85. The molecule has 1 unspecified atom stereocenters. The van der Waals surface area contributed by atoms with Gasteiger partial charge in [-0.15, -0.1) is 0 Å². The van der Waals surface area contributed by atoms with E-state index in [1.165, 1.54) is 0 Å². The van der Waals surface area contributed by atoms with E-state index in [2.05, 4.69) is 11.4 Å². The van der Waals surface area contributed by atoms with Crippen molar-refractivity contribution in [2.45, 2.75) is 12.5 Å². The van der Waals surface area contributed by atoms with Crippen molar-refractivity contribution in [1.29, 1.82) is 5.26 Å². The fourth-order valence-electron chi connectivity index (χ4n) is 2.31. The third-order valence-corrected chi connectivity index (χ3v) is 3.68. The highest BCUT2D eigenvalue weighted by atomic mass is 35.5. The van der Waals surface area contributed by atoms with Gasteiger partial charge in [0, 0.05) is 6.42 Å². The van der Waals surface area contributed by atoms with Crippen LogP contribution in [0.5, 0.6) is 5.75 Å². The molecule has 1 N–H and O–H groups in total. The Kier molecular flexibility index (Phi) is 3.49. The Hall–Kier alpha value is -2.18. The summed E-state index contributed by atoms with van der Waals surface area (Å²) in [5, 5.41) is 13.2. The summed E-state index contributed by atoms with van der Waals surface area (Å²) in [6.07, 6.45) is 0.896. The molecule has 2 aromatic carbocycles. The zero-order valence-corrected chi connectivity index (χ0v) is 11.5. The first kappa shape index (κ1) is 12.8. The molecule has 0 fully saturated rings. The van der Waals surface area contributed by atoms with Gasteiger partial charge in [-0.3, -0.25) is 0 Å². The van der Waals surface area contributed by atoms with Gasteiger partial charge >= 0.3 is 0 Å². The van der Waals surface area contributed by atoms with Crippen molar-refractivity contribution < 1.29 is 4.74 Å². The molecule has 3 nitrogen and oxygen atoms in total. The zero-order valence-electron chi connectivity index (χ0n) is 10.8. The number of nitrogens with zero attached hydrogens (tertiary/aromatic N) is 1. The van der Waals surface area contributed by atoms with Gasteiger partial charge in [-0.05, 0) is 35.4 Å². The van der Waals surface area contributed by atoms with Crippen molar-refractivity contribution in [2.24, 2.45) is 0 Å². The molecule has 0 saturated carbocycles. The predicted octanol–water partition coefficient (Wildman–Crippen LogP) is 3.95. The van der Waals surface area contributed by atoms with Gasteiger partial charge in [-0.1, -0.05) is 29.8 Å². The van der Waals surface area contributed by atoms with E-state index in [9.17, 15) is 5.26 Å². The number of hydrogen-bond acceptors (Lipinski definition) is 3. The Bertz CT molecular complexity index is 678. The zero-order chi connectivity index (χ0) is 13.9. The van der Waals surface area contributed by atoms with Crippen LogP contribution in [-0.2, 0) is 6.42 Å². The van der Waals surface area contributed by atoms with Crippen LogP contribution in [0.4, 0.5) is 5.69 Å². The Morgan fingerprint density at radius 1 is 1.25 bits per heavy atom. The number of nitrogens with one attached hydrogen (secondary N) is 1. The molecule has 1 aliphatic heterocycles. The number of halogens is 1. The van der Waals surface area contributed by atoms with E-state index in [1.54, 1.807) is 6.07 Å². The molecule has 0 bridgehead atoms. The van der Waals surface area contributed by atoms with Crippen LogP contribution in [0.25, 0.3) is 0 Å². The maximum atomic E-state index is 9.39. The minimum absolute atomic E-state index is 0.430. The number of nitriles is 1. The monoisotopic (exact) mass is 284 g/mol. The minimum Gasteiger partial charge on any atom is -0.493 e. The third-order valence-electron chi connectivity index (χ3n) is 3.35. The average molecular weight is 285 g/mol. The highest BCUT2D eigenvalue weighted by Crippen LogP contribution is 2.30. The van der Waals surface area contributed by atoms with Crippen molar-refractivity contribution in [1.82, 2.24) is 0 Å². The van der Waals surface area contributed by atoms with Crippen LogP contribution >= 0.6 is 11.6 Å². The lowest BCUT2D eigenvalue weighted by molar-refractivity contribution is 0.357. The Morgan fingerprint density at radius 3 is 2.90 bits per heavy atom. The van der Waals surface area contributed by atoms with Crippen LogP contribution in [-0.4, -0.2) is 6.61 Å². The first-order valence-electron chi connectivity index (χ1n) is 6.44. The van der Waals surface area contributed by atoms with E-state index < -0.39 is 6.04 Å². The second-order valence-electron chi connectivity index (χ2n) is 4.65. The van der Waals surface area contributed by atoms with Gasteiger partial charge in [0.1, 0.15) is 11.8 Å². The summed E-state index contributed by atoms with van der Waals surface area (Å²) < 4.78 is 5.48. The molecule has 0 saturated heterocycles. The van der Waals surface area contributed by atoms with Gasteiger partial charge in [0.25, 0.3) is 0 Å². The normalized spacial score (nSPS) is 14.0.